The number of carbonyl (C=O) groups excluding carboxylic acids is 2. The summed E-state index contributed by atoms with van der Waals surface area (Å²) in [5.41, 5.74) is 0. The number of carboxylic acids is 1. The topological polar surface area (TPSA) is 108 Å². The van der Waals surface area contributed by atoms with Crippen LogP contribution in [-0.2, 0) is 14.4 Å². The third-order valence-corrected chi connectivity index (χ3v) is 4.87. The molecule has 0 saturated carbocycles. The van der Waals surface area contributed by atoms with Gasteiger partial charge in [0.25, 0.3) is 0 Å². The largest absolute Gasteiger partial charge is 0.480 e. The van der Waals surface area contributed by atoms with Gasteiger partial charge in [-0.3, -0.25) is 14.4 Å². The Hall–Kier alpha value is -1.93. The van der Waals surface area contributed by atoms with Gasteiger partial charge in [0.15, 0.2) is 5.12 Å². The number of aliphatic hydroxyl groups excluding tert-OH is 1. The standard InChI is InChI=1S/C15H18N2O5S/c1-8(15(22)23-10-5-3-4-6-16-10)13-12(9(2)18)14(21)17(13)7-11(19)20/h3-6,8-9,12-13,18H,7H2,1-2H3,(H,19,20)/t8-,9-,12-,13-/m1/s1. The van der Waals surface area contributed by atoms with Gasteiger partial charge in [-0.15, -0.1) is 0 Å². The van der Waals surface area contributed by atoms with Gasteiger partial charge in [0, 0.05) is 12.1 Å². The van der Waals surface area contributed by atoms with E-state index in [-0.39, 0.29) is 5.12 Å². The summed E-state index contributed by atoms with van der Waals surface area (Å²) in [6, 6.07) is 4.57. The molecule has 2 heterocycles. The third kappa shape index (κ3) is 3.70. The highest BCUT2D eigenvalue weighted by Crippen LogP contribution is 2.37. The van der Waals surface area contributed by atoms with Gasteiger partial charge in [-0.25, -0.2) is 4.98 Å². The van der Waals surface area contributed by atoms with Crippen molar-refractivity contribution in [1.29, 1.82) is 0 Å². The molecule has 8 heteroatoms. The number of nitrogens with zero attached hydrogens (tertiary/aromatic N) is 2. The van der Waals surface area contributed by atoms with E-state index in [0.717, 1.165) is 16.7 Å². The average molecular weight is 338 g/mol. The minimum atomic E-state index is -1.15. The number of aliphatic carboxylic acids is 1. The van der Waals surface area contributed by atoms with Crippen molar-refractivity contribution in [2.24, 2.45) is 11.8 Å². The van der Waals surface area contributed by atoms with Crippen LogP contribution in [-0.4, -0.2) is 55.8 Å². The Morgan fingerprint density at radius 2 is 2.09 bits per heavy atom. The second-order valence-electron chi connectivity index (χ2n) is 5.49. The number of thioether (sulfide) groups is 1. The smallest absolute Gasteiger partial charge is 0.323 e. The summed E-state index contributed by atoms with van der Waals surface area (Å²) in [4.78, 5) is 40.5. The first-order valence-electron chi connectivity index (χ1n) is 7.16. The molecule has 1 aromatic heterocycles. The molecule has 23 heavy (non-hydrogen) atoms. The number of hydrogen-bond acceptors (Lipinski definition) is 6. The van der Waals surface area contributed by atoms with Crippen molar-refractivity contribution in [1.82, 2.24) is 9.88 Å². The number of aliphatic hydroxyl groups is 1. The number of rotatable bonds is 6. The number of β-lactam (4-membered cyclic amide) rings is 1. The molecule has 0 spiro atoms. The SMILES string of the molecule is C[C@@H](O)[C@H]1C(=O)N(CC(=O)O)[C@@H]1[C@@H](C)C(=O)Sc1ccccn1. The maximum absolute atomic E-state index is 12.4. The van der Waals surface area contributed by atoms with Crippen LogP contribution < -0.4 is 0 Å². The number of aromatic nitrogens is 1. The highest BCUT2D eigenvalue weighted by atomic mass is 32.2. The minimum absolute atomic E-state index is 0.220. The van der Waals surface area contributed by atoms with Gasteiger partial charge < -0.3 is 15.1 Å². The molecule has 1 aliphatic rings. The lowest BCUT2D eigenvalue weighted by atomic mass is 9.77. The maximum atomic E-state index is 12.4. The quantitative estimate of drug-likeness (QED) is 0.578. The predicted molar refractivity (Wildman–Crippen MR) is 82.6 cm³/mol. The van der Waals surface area contributed by atoms with Crippen molar-refractivity contribution in [2.45, 2.75) is 31.0 Å². The summed E-state index contributed by atoms with van der Waals surface area (Å²) >= 11 is 0.948. The van der Waals surface area contributed by atoms with Gasteiger partial charge >= 0.3 is 5.97 Å². The lowest BCUT2D eigenvalue weighted by Crippen LogP contribution is -2.68. The Morgan fingerprint density at radius 1 is 1.39 bits per heavy atom. The van der Waals surface area contributed by atoms with E-state index >= 15 is 0 Å². The zero-order valence-electron chi connectivity index (χ0n) is 12.7. The number of hydrogen-bond donors (Lipinski definition) is 2. The van der Waals surface area contributed by atoms with Crippen LogP contribution in [0.5, 0.6) is 0 Å². The molecule has 0 radical (unpaired) electrons. The fourth-order valence-corrected chi connectivity index (χ4v) is 3.53. The molecule has 0 bridgehead atoms. The molecule has 1 amide bonds. The summed E-state index contributed by atoms with van der Waals surface area (Å²) in [6.45, 7) is 2.63. The Morgan fingerprint density at radius 3 is 2.61 bits per heavy atom. The zero-order chi connectivity index (χ0) is 17.1. The Balaban J connectivity index is 2.13. The van der Waals surface area contributed by atoms with Crippen LogP contribution in [0.3, 0.4) is 0 Å². The van der Waals surface area contributed by atoms with E-state index in [1.165, 1.54) is 6.92 Å². The van der Waals surface area contributed by atoms with Crippen LogP contribution in [0.2, 0.25) is 0 Å². The molecular formula is C15H18N2O5S. The highest BCUT2D eigenvalue weighted by Gasteiger charge is 2.53. The molecule has 2 N–H and O–H groups in total. The number of carboxylic acid groups (broad SMARTS) is 1. The summed E-state index contributed by atoms with van der Waals surface area (Å²) in [7, 11) is 0. The number of pyridine rings is 1. The number of likely N-dealkylation sites (tertiary alicyclic amines) is 1. The van der Waals surface area contributed by atoms with Crippen LogP contribution in [0.25, 0.3) is 0 Å². The molecule has 1 aromatic rings. The summed E-state index contributed by atoms with van der Waals surface area (Å²) < 4.78 is 0. The predicted octanol–water partition coefficient (Wildman–Crippen LogP) is 0.629. The Labute approximate surface area is 137 Å². The van der Waals surface area contributed by atoms with Gasteiger partial charge in [0.1, 0.15) is 11.6 Å². The molecule has 2 rings (SSSR count). The van der Waals surface area contributed by atoms with E-state index in [4.69, 9.17) is 5.11 Å². The molecule has 124 valence electrons. The number of amides is 1. The summed E-state index contributed by atoms with van der Waals surface area (Å²) in [5, 5.41) is 19.0. The van der Waals surface area contributed by atoms with Crippen LogP contribution in [0, 0.1) is 11.8 Å². The van der Waals surface area contributed by atoms with Crippen molar-refractivity contribution in [3.63, 3.8) is 0 Å². The van der Waals surface area contributed by atoms with Crippen molar-refractivity contribution in [3.05, 3.63) is 24.4 Å². The molecule has 1 saturated heterocycles. The summed E-state index contributed by atoms with van der Waals surface area (Å²) in [5.74, 6) is -2.95. The molecule has 1 fully saturated rings. The first kappa shape index (κ1) is 17.4. The Kier molecular flexibility index (Phi) is 5.38. The van der Waals surface area contributed by atoms with Crippen molar-refractivity contribution in [2.75, 3.05) is 6.54 Å². The van der Waals surface area contributed by atoms with Gasteiger partial charge in [-0.05, 0) is 30.8 Å². The van der Waals surface area contributed by atoms with Crippen LogP contribution in [0.1, 0.15) is 13.8 Å². The molecule has 0 unspecified atom stereocenters. The van der Waals surface area contributed by atoms with E-state index in [2.05, 4.69) is 4.98 Å². The lowest BCUT2D eigenvalue weighted by Gasteiger charge is -2.49. The van der Waals surface area contributed by atoms with Crippen molar-refractivity contribution < 1.29 is 24.6 Å². The van der Waals surface area contributed by atoms with Gasteiger partial charge in [-0.1, -0.05) is 13.0 Å². The van der Waals surface area contributed by atoms with Gasteiger partial charge in [0.2, 0.25) is 5.91 Å². The van der Waals surface area contributed by atoms with Gasteiger partial charge in [0.05, 0.1) is 18.1 Å². The normalized spacial score (nSPS) is 23.1. The average Bonchev–Trinajstić information content (AvgIpc) is 2.49. The van der Waals surface area contributed by atoms with E-state index < -0.39 is 42.4 Å². The molecule has 4 atom stereocenters. The second-order valence-corrected chi connectivity index (χ2v) is 6.52. The molecule has 0 aromatic carbocycles. The van der Waals surface area contributed by atoms with E-state index in [0.29, 0.717) is 5.03 Å². The second kappa shape index (κ2) is 7.10. The van der Waals surface area contributed by atoms with Crippen LogP contribution in [0.4, 0.5) is 0 Å². The van der Waals surface area contributed by atoms with Crippen LogP contribution >= 0.6 is 11.8 Å². The molecule has 7 nitrogen and oxygen atoms in total. The van der Waals surface area contributed by atoms with E-state index in [1.54, 1.807) is 31.3 Å². The van der Waals surface area contributed by atoms with Crippen molar-refractivity contribution in [3.8, 4) is 0 Å². The Bertz CT molecular complexity index is 607. The third-order valence-electron chi connectivity index (χ3n) is 3.85. The monoisotopic (exact) mass is 338 g/mol. The first-order valence-corrected chi connectivity index (χ1v) is 7.97. The van der Waals surface area contributed by atoms with E-state index in [9.17, 15) is 19.5 Å². The highest BCUT2D eigenvalue weighted by molar-refractivity contribution is 8.13. The van der Waals surface area contributed by atoms with Crippen molar-refractivity contribution >= 4 is 28.8 Å². The fourth-order valence-electron chi connectivity index (χ4n) is 2.74. The minimum Gasteiger partial charge on any atom is -0.480 e. The number of carbonyl (C=O) groups is 3. The molecule has 1 aliphatic heterocycles. The van der Waals surface area contributed by atoms with E-state index in [1.807, 2.05) is 0 Å². The van der Waals surface area contributed by atoms with Gasteiger partial charge in [-0.2, -0.15) is 0 Å². The molecular weight excluding hydrogens is 320 g/mol. The fraction of sp³-hybridized carbons (Fsp3) is 0.467. The van der Waals surface area contributed by atoms with Crippen LogP contribution in [0.15, 0.2) is 29.4 Å². The summed E-state index contributed by atoms with van der Waals surface area (Å²) in [6.07, 6.45) is 0.635. The lowest BCUT2D eigenvalue weighted by molar-refractivity contribution is -0.173. The zero-order valence-corrected chi connectivity index (χ0v) is 13.6. The molecule has 0 aliphatic carbocycles. The maximum Gasteiger partial charge on any atom is 0.323 e. The first-order chi connectivity index (χ1) is 10.8.